The van der Waals surface area contributed by atoms with Crippen molar-refractivity contribution in [3.63, 3.8) is 0 Å². The first kappa shape index (κ1) is 14.0. The number of hydrogen-bond donors (Lipinski definition) is 1. The topological polar surface area (TPSA) is 42.2 Å². The van der Waals surface area contributed by atoms with Gasteiger partial charge in [0, 0.05) is 27.5 Å². The van der Waals surface area contributed by atoms with Crippen molar-refractivity contribution >= 4 is 22.8 Å². The number of fused-ring (bicyclic) bond motifs is 1. The SMILES string of the molecule is Cc1ccc(CNc2cc(-c3ccccc3)nc3ccnn23)s1. The van der Waals surface area contributed by atoms with Gasteiger partial charge in [0.05, 0.1) is 18.4 Å². The molecule has 0 radical (unpaired) electrons. The Morgan fingerprint density at radius 3 is 2.74 bits per heavy atom. The third kappa shape index (κ3) is 2.83. The molecule has 0 aliphatic carbocycles. The van der Waals surface area contributed by atoms with Gasteiger partial charge in [-0.1, -0.05) is 30.3 Å². The molecule has 0 aliphatic heterocycles. The molecule has 23 heavy (non-hydrogen) atoms. The number of benzene rings is 1. The highest BCUT2D eigenvalue weighted by Crippen LogP contribution is 2.23. The smallest absolute Gasteiger partial charge is 0.157 e. The van der Waals surface area contributed by atoms with Crippen molar-refractivity contribution in [2.75, 3.05) is 5.32 Å². The number of aromatic nitrogens is 3. The monoisotopic (exact) mass is 320 g/mol. The van der Waals surface area contributed by atoms with Crippen molar-refractivity contribution in [1.29, 1.82) is 0 Å². The first-order valence-electron chi connectivity index (χ1n) is 7.49. The number of thiophene rings is 1. The highest BCUT2D eigenvalue weighted by atomic mass is 32.1. The van der Waals surface area contributed by atoms with E-state index in [-0.39, 0.29) is 0 Å². The van der Waals surface area contributed by atoms with Gasteiger partial charge in [-0.25, -0.2) is 4.98 Å². The highest BCUT2D eigenvalue weighted by molar-refractivity contribution is 7.11. The van der Waals surface area contributed by atoms with E-state index in [0.717, 1.165) is 29.3 Å². The van der Waals surface area contributed by atoms with Gasteiger partial charge in [-0.3, -0.25) is 0 Å². The summed E-state index contributed by atoms with van der Waals surface area (Å²) in [6, 6.07) is 18.5. The Labute approximate surface area is 138 Å². The van der Waals surface area contributed by atoms with Crippen molar-refractivity contribution in [3.05, 3.63) is 70.5 Å². The number of hydrogen-bond acceptors (Lipinski definition) is 4. The Kier molecular flexibility index (Phi) is 3.55. The fourth-order valence-electron chi connectivity index (χ4n) is 2.55. The first-order valence-corrected chi connectivity index (χ1v) is 8.31. The second kappa shape index (κ2) is 5.85. The summed E-state index contributed by atoms with van der Waals surface area (Å²) in [5.74, 6) is 0.949. The number of anilines is 1. The van der Waals surface area contributed by atoms with E-state index in [1.165, 1.54) is 9.75 Å². The molecule has 0 bridgehead atoms. The minimum absolute atomic E-state index is 0.783. The van der Waals surface area contributed by atoms with Crippen LogP contribution >= 0.6 is 11.3 Å². The van der Waals surface area contributed by atoms with E-state index in [4.69, 9.17) is 0 Å². The molecule has 0 amide bonds. The standard InChI is InChI=1S/C18H16N4S/c1-13-7-8-15(23-13)12-19-18-11-16(14-5-3-2-4-6-14)21-17-9-10-20-22(17)18/h2-11,19H,12H2,1H3. The summed E-state index contributed by atoms with van der Waals surface area (Å²) in [6.45, 7) is 2.91. The van der Waals surface area contributed by atoms with Crippen LogP contribution in [0.2, 0.25) is 0 Å². The van der Waals surface area contributed by atoms with Crippen LogP contribution in [0.3, 0.4) is 0 Å². The van der Waals surface area contributed by atoms with Gasteiger partial charge < -0.3 is 5.32 Å². The fraction of sp³-hybridized carbons (Fsp3) is 0.111. The molecule has 0 saturated heterocycles. The van der Waals surface area contributed by atoms with Gasteiger partial charge in [0.1, 0.15) is 5.82 Å². The third-order valence-corrected chi connectivity index (χ3v) is 4.67. The van der Waals surface area contributed by atoms with Crippen molar-refractivity contribution in [3.8, 4) is 11.3 Å². The Balaban J connectivity index is 1.71. The van der Waals surface area contributed by atoms with Crippen LogP contribution in [-0.4, -0.2) is 14.6 Å². The molecule has 0 aliphatic rings. The zero-order valence-electron chi connectivity index (χ0n) is 12.7. The molecule has 0 spiro atoms. The first-order chi connectivity index (χ1) is 11.3. The van der Waals surface area contributed by atoms with Crippen LogP contribution in [0, 0.1) is 6.92 Å². The average molecular weight is 320 g/mol. The second-order valence-electron chi connectivity index (χ2n) is 5.36. The second-order valence-corrected chi connectivity index (χ2v) is 6.73. The molecule has 4 aromatic rings. The Morgan fingerprint density at radius 1 is 1.09 bits per heavy atom. The molecule has 114 valence electrons. The number of nitrogens with one attached hydrogen (secondary N) is 1. The summed E-state index contributed by atoms with van der Waals surface area (Å²) in [7, 11) is 0. The number of nitrogens with zero attached hydrogens (tertiary/aromatic N) is 3. The summed E-state index contributed by atoms with van der Waals surface area (Å²) >= 11 is 1.81. The van der Waals surface area contributed by atoms with E-state index in [0.29, 0.717) is 0 Å². The summed E-state index contributed by atoms with van der Waals surface area (Å²) in [5, 5.41) is 7.85. The van der Waals surface area contributed by atoms with Crippen molar-refractivity contribution < 1.29 is 0 Å². The summed E-state index contributed by atoms with van der Waals surface area (Å²) < 4.78 is 1.84. The van der Waals surface area contributed by atoms with Gasteiger partial charge in [0.15, 0.2) is 5.65 Å². The Hall–Kier alpha value is -2.66. The minimum Gasteiger partial charge on any atom is -0.365 e. The molecule has 0 fully saturated rings. The third-order valence-electron chi connectivity index (χ3n) is 3.67. The molecular formula is C18H16N4S. The van der Waals surface area contributed by atoms with E-state index >= 15 is 0 Å². The molecule has 4 nitrogen and oxygen atoms in total. The van der Waals surface area contributed by atoms with Gasteiger partial charge in [0.2, 0.25) is 0 Å². The predicted octanol–water partition coefficient (Wildman–Crippen LogP) is 4.38. The Bertz CT molecular complexity index is 940. The van der Waals surface area contributed by atoms with Gasteiger partial charge in [-0.15, -0.1) is 11.3 Å². The zero-order valence-corrected chi connectivity index (χ0v) is 13.5. The maximum absolute atomic E-state index is 4.69. The van der Waals surface area contributed by atoms with Gasteiger partial charge in [0.25, 0.3) is 0 Å². The van der Waals surface area contributed by atoms with Crippen LogP contribution in [0.5, 0.6) is 0 Å². The van der Waals surface area contributed by atoms with Crippen LogP contribution in [0.4, 0.5) is 5.82 Å². The molecular weight excluding hydrogens is 304 g/mol. The number of rotatable bonds is 4. The van der Waals surface area contributed by atoms with Crippen LogP contribution in [-0.2, 0) is 6.54 Å². The quantitative estimate of drug-likeness (QED) is 0.607. The lowest BCUT2D eigenvalue weighted by atomic mass is 10.1. The van der Waals surface area contributed by atoms with E-state index in [9.17, 15) is 0 Å². The van der Waals surface area contributed by atoms with Crippen LogP contribution < -0.4 is 5.32 Å². The summed E-state index contributed by atoms with van der Waals surface area (Å²) in [6.07, 6.45) is 1.78. The largest absolute Gasteiger partial charge is 0.365 e. The van der Waals surface area contributed by atoms with Crippen LogP contribution in [0.1, 0.15) is 9.75 Å². The molecule has 0 unspecified atom stereocenters. The van der Waals surface area contributed by atoms with E-state index < -0.39 is 0 Å². The molecule has 0 atom stereocenters. The molecule has 5 heteroatoms. The van der Waals surface area contributed by atoms with Crippen LogP contribution in [0.25, 0.3) is 16.9 Å². The zero-order chi connectivity index (χ0) is 15.6. The number of aryl methyl sites for hydroxylation is 1. The van der Waals surface area contributed by atoms with Gasteiger partial charge in [-0.05, 0) is 19.1 Å². The Morgan fingerprint density at radius 2 is 1.96 bits per heavy atom. The molecule has 3 heterocycles. The van der Waals surface area contributed by atoms with E-state index in [1.807, 2.05) is 40.1 Å². The lowest BCUT2D eigenvalue weighted by Crippen LogP contribution is -2.05. The summed E-state index contributed by atoms with van der Waals surface area (Å²) in [4.78, 5) is 7.32. The molecule has 3 aromatic heterocycles. The maximum atomic E-state index is 4.69. The van der Waals surface area contributed by atoms with Gasteiger partial charge >= 0.3 is 0 Å². The normalized spacial score (nSPS) is 11.0. The highest BCUT2D eigenvalue weighted by Gasteiger charge is 2.08. The minimum atomic E-state index is 0.783. The van der Waals surface area contributed by atoms with Crippen LogP contribution in [0.15, 0.2) is 60.8 Å². The van der Waals surface area contributed by atoms with Crippen molar-refractivity contribution in [2.24, 2.45) is 0 Å². The molecule has 1 aromatic carbocycles. The average Bonchev–Trinajstić information content (AvgIpc) is 3.22. The summed E-state index contributed by atoms with van der Waals surface area (Å²) in [5.41, 5.74) is 2.89. The fourth-order valence-corrected chi connectivity index (χ4v) is 3.38. The maximum Gasteiger partial charge on any atom is 0.157 e. The van der Waals surface area contributed by atoms with Gasteiger partial charge in [-0.2, -0.15) is 9.61 Å². The molecule has 0 saturated carbocycles. The molecule has 1 N–H and O–H groups in total. The molecule has 4 rings (SSSR count). The van der Waals surface area contributed by atoms with E-state index in [1.54, 1.807) is 6.20 Å². The lowest BCUT2D eigenvalue weighted by molar-refractivity contribution is 0.929. The predicted molar refractivity (Wildman–Crippen MR) is 94.8 cm³/mol. The lowest BCUT2D eigenvalue weighted by Gasteiger charge is -2.10. The van der Waals surface area contributed by atoms with Crippen molar-refractivity contribution in [2.45, 2.75) is 13.5 Å². The van der Waals surface area contributed by atoms with Crippen molar-refractivity contribution in [1.82, 2.24) is 14.6 Å². The van der Waals surface area contributed by atoms with E-state index in [2.05, 4.69) is 52.7 Å².